The minimum Gasteiger partial charge on any atom is -0.323 e. The van der Waals surface area contributed by atoms with Crippen LogP contribution in [0.3, 0.4) is 0 Å². The molecular weight excluding hydrogens is 365 g/mol. The van der Waals surface area contributed by atoms with Gasteiger partial charge in [-0.2, -0.15) is 0 Å². The van der Waals surface area contributed by atoms with Crippen molar-refractivity contribution in [2.75, 3.05) is 5.32 Å². The molecular formula is C17H13ClFN3O2S. The van der Waals surface area contributed by atoms with E-state index in [4.69, 9.17) is 11.6 Å². The van der Waals surface area contributed by atoms with E-state index < -0.39 is 11.7 Å². The van der Waals surface area contributed by atoms with E-state index in [9.17, 15) is 14.0 Å². The Bertz CT molecular complexity index is 1060. The third kappa shape index (κ3) is 2.94. The number of nitrogens with zero attached hydrogens (tertiary/aromatic N) is 2. The summed E-state index contributed by atoms with van der Waals surface area (Å²) in [6, 6.07) is 3.70. The molecule has 4 rings (SSSR count). The van der Waals surface area contributed by atoms with Crippen molar-refractivity contribution in [1.82, 2.24) is 9.55 Å². The fourth-order valence-corrected chi connectivity index (χ4v) is 4.50. The molecule has 1 N–H and O–H groups in total. The zero-order valence-corrected chi connectivity index (χ0v) is 14.6. The summed E-state index contributed by atoms with van der Waals surface area (Å²) in [6.07, 6.45) is 4.31. The Morgan fingerprint density at radius 2 is 2.24 bits per heavy atom. The molecule has 1 aliphatic rings. The highest BCUT2D eigenvalue weighted by molar-refractivity contribution is 7.18. The number of hydrogen-bond donors (Lipinski definition) is 1. The van der Waals surface area contributed by atoms with Gasteiger partial charge in [0.1, 0.15) is 17.2 Å². The van der Waals surface area contributed by atoms with Crippen molar-refractivity contribution in [2.24, 2.45) is 0 Å². The Balaban J connectivity index is 1.61. The van der Waals surface area contributed by atoms with Crippen LogP contribution in [0.15, 0.2) is 29.3 Å². The largest absolute Gasteiger partial charge is 0.323 e. The van der Waals surface area contributed by atoms with Crippen LogP contribution in [-0.4, -0.2) is 15.5 Å². The maximum absolute atomic E-state index is 13.1. The fourth-order valence-electron chi connectivity index (χ4n) is 3.07. The molecule has 0 spiro atoms. The summed E-state index contributed by atoms with van der Waals surface area (Å²) in [5.41, 5.74) is 1.17. The first-order chi connectivity index (χ1) is 12.0. The highest BCUT2D eigenvalue weighted by Gasteiger charge is 2.21. The van der Waals surface area contributed by atoms with Crippen LogP contribution in [0.2, 0.25) is 5.02 Å². The second-order valence-corrected chi connectivity index (χ2v) is 7.38. The lowest BCUT2D eigenvalue weighted by Gasteiger charge is -2.09. The van der Waals surface area contributed by atoms with Crippen LogP contribution in [0.25, 0.3) is 10.2 Å². The summed E-state index contributed by atoms with van der Waals surface area (Å²) in [6.45, 7) is -0.180. The van der Waals surface area contributed by atoms with Crippen molar-refractivity contribution < 1.29 is 9.18 Å². The molecule has 0 unspecified atom stereocenters. The number of amides is 1. The van der Waals surface area contributed by atoms with Crippen LogP contribution in [-0.2, 0) is 24.2 Å². The van der Waals surface area contributed by atoms with Crippen LogP contribution < -0.4 is 10.9 Å². The Morgan fingerprint density at radius 1 is 1.40 bits per heavy atom. The summed E-state index contributed by atoms with van der Waals surface area (Å²) in [5, 5.41) is 3.32. The number of rotatable bonds is 3. The topological polar surface area (TPSA) is 64.0 Å². The van der Waals surface area contributed by atoms with Gasteiger partial charge >= 0.3 is 0 Å². The number of halogens is 2. The molecule has 0 fully saturated rings. The van der Waals surface area contributed by atoms with Crippen molar-refractivity contribution >= 4 is 44.7 Å². The summed E-state index contributed by atoms with van der Waals surface area (Å²) in [7, 11) is 0. The van der Waals surface area contributed by atoms with Crippen LogP contribution in [0.5, 0.6) is 0 Å². The molecule has 2 aromatic heterocycles. The first-order valence-corrected chi connectivity index (χ1v) is 8.97. The van der Waals surface area contributed by atoms with Crippen molar-refractivity contribution in [3.05, 3.63) is 56.2 Å². The summed E-state index contributed by atoms with van der Waals surface area (Å²) < 4.78 is 14.4. The Hall–Kier alpha value is -2.25. The highest BCUT2D eigenvalue weighted by atomic mass is 35.5. The standard InChI is InChI=1S/C17H13ClFN3O2S/c18-11-6-9(19)4-5-12(11)21-14(23)7-22-8-20-16-15(17(22)24)10-2-1-3-13(10)25-16/h4-6,8H,1-3,7H2,(H,21,23). The number of aromatic nitrogens is 2. The van der Waals surface area contributed by atoms with E-state index in [2.05, 4.69) is 10.3 Å². The lowest BCUT2D eigenvalue weighted by atomic mass is 10.2. The maximum Gasteiger partial charge on any atom is 0.262 e. The number of carbonyl (C=O) groups excluding carboxylic acids is 1. The number of anilines is 1. The van der Waals surface area contributed by atoms with E-state index in [0.717, 1.165) is 35.7 Å². The van der Waals surface area contributed by atoms with E-state index >= 15 is 0 Å². The smallest absolute Gasteiger partial charge is 0.262 e. The van der Waals surface area contributed by atoms with Gasteiger partial charge in [-0.3, -0.25) is 14.2 Å². The van der Waals surface area contributed by atoms with Gasteiger partial charge in [-0.15, -0.1) is 11.3 Å². The van der Waals surface area contributed by atoms with Crippen molar-refractivity contribution in [2.45, 2.75) is 25.8 Å². The molecule has 3 aromatic rings. The molecule has 0 aliphatic heterocycles. The zero-order valence-electron chi connectivity index (χ0n) is 13.0. The average molecular weight is 378 g/mol. The maximum atomic E-state index is 13.1. The minimum absolute atomic E-state index is 0.102. The summed E-state index contributed by atoms with van der Waals surface area (Å²) in [5.74, 6) is -0.913. The Labute approximate surface area is 151 Å². The van der Waals surface area contributed by atoms with E-state index in [1.165, 1.54) is 27.9 Å². The van der Waals surface area contributed by atoms with E-state index in [0.29, 0.717) is 11.1 Å². The molecule has 2 heterocycles. The van der Waals surface area contributed by atoms with Gasteiger partial charge < -0.3 is 5.32 Å². The molecule has 0 atom stereocenters. The summed E-state index contributed by atoms with van der Waals surface area (Å²) >= 11 is 7.46. The van der Waals surface area contributed by atoms with Crippen molar-refractivity contribution in [1.29, 1.82) is 0 Å². The minimum atomic E-state index is -0.486. The second kappa shape index (κ2) is 6.24. The van der Waals surface area contributed by atoms with Crippen LogP contribution >= 0.6 is 22.9 Å². The Kier molecular flexibility index (Phi) is 4.05. The molecule has 0 bridgehead atoms. The molecule has 1 amide bonds. The average Bonchev–Trinajstić information content (AvgIpc) is 3.13. The van der Waals surface area contributed by atoms with Crippen LogP contribution in [0, 0.1) is 5.82 Å². The molecule has 0 saturated carbocycles. The number of hydrogen-bond acceptors (Lipinski definition) is 4. The number of thiophene rings is 1. The second-order valence-electron chi connectivity index (χ2n) is 5.89. The quantitative estimate of drug-likeness (QED) is 0.761. The monoisotopic (exact) mass is 377 g/mol. The van der Waals surface area contributed by atoms with Crippen molar-refractivity contribution in [3.63, 3.8) is 0 Å². The molecule has 0 saturated heterocycles. The predicted octanol–water partition coefficient (Wildman–Crippen LogP) is 3.38. The normalized spacial score (nSPS) is 13.2. The zero-order chi connectivity index (χ0) is 17.6. The van der Waals surface area contributed by atoms with Gasteiger partial charge in [-0.1, -0.05) is 11.6 Å². The van der Waals surface area contributed by atoms with Gasteiger partial charge in [-0.25, -0.2) is 9.37 Å². The fraction of sp³-hybridized carbons (Fsp3) is 0.235. The van der Waals surface area contributed by atoms with Gasteiger partial charge in [0.2, 0.25) is 5.91 Å². The van der Waals surface area contributed by atoms with Gasteiger partial charge in [0.15, 0.2) is 0 Å². The lowest BCUT2D eigenvalue weighted by Crippen LogP contribution is -2.28. The molecule has 8 heteroatoms. The number of carbonyl (C=O) groups is 1. The first-order valence-electron chi connectivity index (χ1n) is 7.77. The number of benzene rings is 1. The first kappa shape index (κ1) is 16.2. The van der Waals surface area contributed by atoms with Crippen LogP contribution in [0.4, 0.5) is 10.1 Å². The number of aryl methyl sites for hydroxylation is 2. The molecule has 5 nitrogen and oxygen atoms in total. The van der Waals surface area contributed by atoms with Crippen LogP contribution in [0.1, 0.15) is 16.9 Å². The SMILES string of the molecule is O=C(Cn1cnc2sc3c(c2c1=O)CCC3)Nc1ccc(F)cc1Cl. The molecule has 128 valence electrons. The third-order valence-electron chi connectivity index (χ3n) is 4.21. The van der Waals surface area contributed by atoms with E-state index in [-0.39, 0.29) is 17.1 Å². The Morgan fingerprint density at radius 3 is 3.04 bits per heavy atom. The van der Waals surface area contributed by atoms with Gasteiger partial charge in [-0.05, 0) is 43.0 Å². The van der Waals surface area contributed by atoms with E-state index in [1.807, 2.05) is 0 Å². The van der Waals surface area contributed by atoms with Gasteiger partial charge in [0.25, 0.3) is 5.56 Å². The number of fused-ring (bicyclic) bond motifs is 3. The molecule has 1 aliphatic carbocycles. The lowest BCUT2D eigenvalue weighted by molar-refractivity contribution is -0.116. The molecule has 1 aromatic carbocycles. The summed E-state index contributed by atoms with van der Waals surface area (Å²) in [4.78, 5) is 31.2. The number of nitrogens with one attached hydrogen (secondary N) is 1. The molecule has 25 heavy (non-hydrogen) atoms. The van der Waals surface area contributed by atoms with E-state index in [1.54, 1.807) is 11.3 Å². The third-order valence-corrected chi connectivity index (χ3v) is 5.72. The predicted molar refractivity (Wildman–Crippen MR) is 95.9 cm³/mol. The van der Waals surface area contributed by atoms with Crippen molar-refractivity contribution in [3.8, 4) is 0 Å². The molecule has 0 radical (unpaired) electrons. The highest BCUT2D eigenvalue weighted by Crippen LogP contribution is 2.34. The van der Waals surface area contributed by atoms with Gasteiger partial charge in [0, 0.05) is 4.88 Å². The van der Waals surface area contributed by atoms with Gasteiger partial charge in [0.05, 0.1) is 22.4 Å².